The lowest BCUT2D eigenvalue weighted by Gasteiger charge is -2.14. The fourth-order valence-electron chi connectivity index (χ4n) is 3.59. The van der Waals surface area contributed by atoms with Crippen molar-refractivity contribution in [1.29, 1.82) is 0 Å². The maximum Gasteiger partial charge on any atom is 0.429 e. The third-order valence-corrected chi connectivity index (χ3v) is 5.01. The van der Waals surface area contributed by atoms with Crippen molar-refractivity contribution in [1.82, 2.24) is 5.32 Å². The van der Waals surface area contributed by atoms with Crippen molar-refractivity contribution in [3.63, 3.8) is 0 Å². The summed E-state index contributed by atoms with van der Waals surface area (Å²) < 4.78 is 10.5. The molecule has 0 saturated carbocycles. The van der Waals surface area contributed by atoms with Crippen LogP contribution < -0.4 is 10.1 Å². The number of nitrogens with zero attached hydrogens (tertiary/aromatic N) is 1. The lowest BCUT2D eigenvalue weighted by Crippen LogP contribution is -2.20. The van der Waals surface area contributed by atoms with Gasteiger partial charge in [-0.25, -0.2) is 10.1 Å². The van der Waals surface area contributed by atoms with Gasteiger partial charge in [-0.05, 0) is 34.4 Å². The first-order valence-corrected chi connectivity index (χ1v) is 9.05. The van der Waals surface area contributed by atoms with Gasteiger partial charge in [0.25, 0.3) is 0 Å². The van der Waals surface area contributed by atoms with Crippen molar-refractivity contribution in [3.05, 3.63) is 83.4 Å². The molecule has 141 valence electrons. The number of methoxy groups -OCH3 is 1. The highest BCUT2D eigenvalue weighted by molar-refractivity contribution is 5.79. The van der Waals surface area contributed by atoms with E-state index in [1.165, 1.54) is 24.3 Å². The normalized spacial score (nSPS) is 12.2. The number of carbonyl (C=O) groups is 1. The molecule has 0 bridgehead atoms. The first-order chi connectivity index (χ1) is 13.7. The molecule has 1 amide bonds. The molecule has 4 rings (SSSR count). The number of rotatable bonds is 5. The molecule has 0 saturated heterocycles. The van der Waals surface area contributed by atoms with Crippen LogP contribution in [-0.2, 0) is 11.3 Å². The lowest BCUT2D eigenvalue weighted by molar-refractivity contribution is 0.141. The predicted octanol–water partition coefficient (Wildman–Crippen LogP) is 4.45. The number of hydrogen-bond donors (Lipinski definition) is 1. The quantitative estimate of drug-likeness (QED) is 0.716. The average molecular weight is 374 g/mol. The number of benzene rings is 3. The fraction of sp³-hybridized carbons (Fsp3) is 0.174. The molecule has 0 unspecified atom stereocenters. The Morgan fingerprint density at radius 2 is 1.64 bits per heavy atom. The molecule has 1 aliphatic rings. The Morgan fingerprint density at radius 3 is 2.25 bits per heavy atom. The van der Waals surface area contributed by atoms with Crippen LogP contribution in [0.1, 0.15) is 22.6 Å². The van der Waals surface area contributed by atoms with Crippen LogP contribution in [0, 0.1) is 0 Å². The van der Waals surface area contributed by atoms with Crippen molar-refractivity contribution in [2.75, 3.05) is 13.7 Å². The number of phenolic OH excluding ortho intramolecular Hbond substituents is 1. The summed E-state index contributed by atoms with van der Waals surface area (Å²) in [6.07, 6.45) is -0.642. The van der Waals surface area contributed by atoms with Gasteiger partial charge in [-0.1, -0.05) is 48.5 Å². The second-order valence-electron chi connectivity index (χ2n) is 6.61. The Labute approximate surface area is 163 Å². The van der Waals surface area contributed by atoms with Gasteiger partial charge in [0.2, 0.25) is 0 Å². The zero-order chi connectivity index (χ0) is 19.5. The summed E-state index contributed by atoms with van der Waals surface area (Å²) in [5.74, 6) is 0.581. The number of fused-ring (bicyclic) bond motifs is 3. The number of ether oxygens (including phenoxy) is 2. The van der Waals surface area contributed by atoms with E-state index in [1.807, 2.05) is 24.3 Å². The summed E-state index contributed by atoms with van der Waals surface area (Å²) in [7, 11) is 1.52. The zero-order valence-corrected chi connectivity index (χ0v) is 15.5. The summed E-state index contributed by atoms with van der Waals surface area (Å²) in [6.45, 7) is 0.275. The Morgan fingerprint density at radius 1 is 1.00 bits per heavy atom. The molecule has 0 heterocycles. The largest absolute Gasteiger partial charge is 0.507 e. The number of phenols is 1. The maximum absolute atomic E-state index is 12.1. The third kappa shape index (κ3) is 3.39. The van der Waals surface area contributed by atoms with E-state index in [2.05, 4.69) is 29.6 Å². The van der Waals surface area contributed by atoms with Crippen molar-refractivity contribution >= 4 is 6.09 Å². The van der Waals surface area contributed by atoms with Crippen LogP contribution in [0.15, 0.2) is 66.7 Å². The molecule has 0 aliphatic heterocycles. The molecule has 0 atom stereocenters. The minimum atomic E-state index is -0.642. The minimum Gasteiger partial charge on any atom is -0.507 e. The van der Waals surface area contributed by atoms with E-state index in [9.17, 15) is 9.90 Å². The smallest absolute Gasteiger partial charge is 0.429 e. The van der Waals surface area contributed by atoms with Crippen LogP contribution in [0.3, 0.4) is 0 Å². The SMILES string of the molecule is COc1ccc(C[N]C(=O)OCC2c3ccccc3-c3ccccc32)c(O)c1. The molecule has 5 heteroatoms. The highest BCUT2D eigenvalue weighted by Gasteiger charge is 2.29. The van der Waals surface area contributed by atoms with Crippen LogP contribution in [0.25, 0.3) is 11.1 Å². The summed E-state index contributed by atoms with van der Waals surface area (Å²) in [4.78, 5) is 12.1. The molecular weight excluding hydrogens is 354 g/mol. The summed E-state index contributed by atoms with van der Waals surface area (Å²) in [5, 5.41) is 13.9. The first-order valence-electron chi connectivity index (χ1n) is 9.05. The van der Waals surface area contributed by atoms with Crippen molar-refractivity contribution in [3.8, 4) is 22.6 Å². The lowest BCUT2D eigenvalue weighted by atomic mass is 9.98. The summed E-state index contributed by atoms with van der Waals surface area (Å²) in [6, 6.07) is 21.2. The standard InChI is InChI=1S/C23H20NO4/c1-27-16-11-10-15(22(25)12-16)13-24-23(26)28-14-21-19-8-4-2-6-17(19)18-7-3-5-9-20(18)21/h2-12,21,25H,13-14H2,1H3. The molecule has 1 radical (unpaired) electrons. The van der Waals surface area contributed by atoms with Crippen molar-refractivity contribution < 1.29 is 19.4 Å². The zero-order valence-electron chi connectivity index (χ0n) is 15.5. The molecule has 0 fully saturated rings. The molecule has 28 heavy (non-hydrogen) atoms. The van der Waals surface area contributed by atoms with Gasteiger partial charge in [0.1, 0.15) is 18.1 Å². The van der Waals surface area contributed by atoms with Crippen LogP contribution >= 0.6 is 0 Å². The summed E-state index contributed by atoms with van der Waals surface area (Å²) in [5.41, 5.74) is 5.21. The van der Waals surface area contributed by atoms with E-state index in [0.717, 1.165) is 11.1 Å². The Balaban J connectivity index is 1.40. The van der Waals surface area contributed by atoms with Gasteiger partial charge < -0.3 is 14.6 Å². The number of amides is 1. The molecule has 5 nitrogen and oxygen atoms in total. The molecule has 1 N–H and O–H groups in total. The number of aromatic hydroxyl groups is 1. The molecule has 0 aromatic heterocycles. The van der Waals surface area contributed by atoms with Gasteiger partial charge in [0.05, 0.1) is 13.7 Å². The Kier molecular flexibility index (Phi) is 4.89. The van der Waals surface area contributed by atoms with Crippen LogP contribution in [0.4, 0.5) is 4.79 Å². The van der Waals surface area contributed by atoms with Crippen LogP contribution in [0.5, 0.6) is 11.5 Å². The monoisotopic (exact) mass is 374 g/mol. The van der Waals surface area contributed by atoms with Gasteiger partial charge >= 0.3 is 6.09 Å². The molecule has 3 aromatic carbocycles. The topological polar surface area (TPSA) is 69.9 Å². The highest BCUT2D eigenvalue weighted by atomic mass is 16.5. The Hall–Kier alpha value is -3.47. The first kappa shape index (κ1) is 17.9. The average Bonchev–Trinajstić information content (AvgIpc) is 3.05. The maximum atomic E-state index is 12.1. The minimum absolute atomic E-state index is 0.000870. The van der Waals surface area contributed by atoms with Crippen molar-refractivity contribution in [2.45, 2.75) is 12.5 Å². The molecule has 0 spiro atoms. The molecule has 1 aliphatic carbocycles. The van der Waals surface area contributed by atoms with Gasteiger partial charge in [-0.15, -0.1) is 0 Å². The van der Waals surface area contributed by atoms with Crippen LogP contribution in [0.2, 0.25) is 0 Å². The van der Waals surface area contributed by atoms with E-state index >= 15 is 0 Å². The van der Waals surface area contributed by atoms with Gasteiger partial charge in [-0.3, -0.25) is 0 Å². The third-order valence-electron chi connectivity index (χ3n) is 5.01. The van der Waals surface area contributed by atoms with Crippen molar-refractivity contribution in [2.24, 2.45) is 0 Å². The number of carbonyl (C=O) groups excluding carboxylic acids is 1. The highest BCUT2D eigenvalue weighted by Crippen LogP contribution is 2.44. The predicted molar refractivity (Wildman–Crippen MR) is 106 cm³/mol. The van der Waals surface area contributed by atoms with E-state index in [4.69, 9.17) is 9.47 Å². The van der Waals surface area contributed by atoms with Gasteiger partial charge in [0.15, 0.2) is 0 Å². The van der Waals surface area contributed by atoms with E-state index in [-0.39, 0.29) is 24.8 Å². The molecular formula is C23H20NO4. The Bertz CT molecular complexity index is 969. The van der Waals surface area contributed by atoms with Crippen LogP contribution in [-0.4, -0.2) is 24.9 Å². The molecule has 3 aromatic rings. The fourth-order valence-corrected chi connectivity index (χ4v) is 3.59. The second-order valence-corrected chi connectivity index (χ2v) is 6.61. The number of hydrogen-bond acceptors (Lipinski definition) is 4. The van der Waals surface area contributed by atoms with E-state index in [0.29, 0.717) is 11.3 Å². The van der Waals surface area contributed by atoms with Gasteiger partial charge in [0, 0.05) is 17.5 Å². The van der Waals surface area contributed by atoms with E-state index in [1.54, 1.807) is 12.1 Å². The van der Waals surface area contributed by atoms with E-state index < -0.39 is 6.09 Å². The summed E-state index contributed by atoms with van der Waals surface area (Å²) >= 11 is 0. The van der Waals surface area contributed by atoms with Gasteiger partial charge in [-0.2, -0.15) is 0 Å². The second kappa shape index (κ2) is 7.64.